The number of para-hydroxylation sites is 1. The summed E-state index contributed by atoms with van der Waals surface area (Å²) < 4.78 is 5.79. The van der Waals surface area contributed by atoms with Gasteiger partial charge in [-0.05, 0) is 31.2 Å². The van der Waals surface area contributed by atoms with Crippen LogP contribution in [0.1, 0.15) is 29.1 Å². The van der Waals surface area contributed by atoms with Crippen LogP contribution >= 0.6 is 11.8 Å². The zero-order chi connectivity index (χ0) is 17.8. The first kappa shape index (κ1) is 17.1. The zero-order valence-electron chi connectivity index (χ0n) is 13.7. The summed E-state index contributed by atoms with van der Waals surface area (Å²) in [5.41, 5.74) is 6.49. The molecule has 1 atom stereocenters. The van der Waals surface area contributed by atoms with Gasteiger partial charge in [-0.25, -0.2) is 0 Å². The second-order valence-corrected chi connectivity index (χ2v) is 6.65. The highest BCUT2D eigenvalue weighted by atomic mass is 32.2. The molecule has 1 aromatic heterocycles. The topological polar surface area (TPSA) is 85.3 Å². The molecule has 0 aliphatic rings. The van der Waals surface area contributed by atoms with Crippen LogP contribution in [-0.4, -0.2) is 17.6 Å². The van der Waals surface area contributed by atoms with E-state index in [1.807, 2.05) is 43.3 Å². The summed E-state index contributed by atoms with van der Waals surface area (Å²) in [5.74, 6) is 0.178. The minimum Gasteiger partial charge on any atom is -0.459 e. The lowest BCUT2D eigenvalue weighted by atomic mass is 10.1. The van der Waals surface area contributed by atoms with Gasteiger partial charge in [-0.1, -0.05) is 30.3 Å². The van der Waals surface area contributed by atoms with Crippen LogP contribution in [0.15, 0.2) is 63.9 Å². The van der Waals surface area contributed by atoms with Crippen LogP contribution in [0.4, 0.5) is 0 Å². The molecule has 0 aliphatic carbocycles. The smallest absolute Gasteiger partial charge is 0.252 e. The summed E-state index contributed by atoms with van der Waals surface area (Å²) in [6.07, 6.45) is 0. The average Bonchev–Trinajstić information content (AvgIpc) is 3.04. The molecule has 2 aromatic carbocycles. The van der Waals surface area contributed by atoms with Crippen molar-refractivity contribution in [3.05, 3.63) is 65.9 Å². The molecule has 3 aromatic rings. The van der Waals surface area contributed by atoms with Crippen molar-refractivity contribution in [2.75, 3.05) is 5.75 Å². The maximum Gasteiger partial charge on any atom is 0.252 e. The summed E-state index contributed by atoms with van der Waals surface area (Å²) >= 11 is 1.25. The van der Waals surface area contributed by atoms with Crippen LogP contribution in [0.3, 0.4) is 0 Å². The predicted molar refractivity (Wildman–Crippen MR) is 98.5 cm³/mol. The molecule has 0 bridgehead atoms. The summed E-state index contributed by atoms with van der Waals surface area (Å²) in [6.45, 7) is 1.87. The normalized spacial score (nSPS) is 12.0. The molecule has 0 radical (unpaired) electrons. The maximum atomic E-state index is 12.6. The Bertz CT molecular complexity index is 887. The minimum absolute atomic E-state index is 0.128. The number of nitrogens with one attached hydrogen (secondary N) is 1. The Hall–Kier alpha value is -2.73. The van der Waals surface area contributed by atoms with Crippen molar-refractivity contribution in [3.63, 3.8) is 0 Å². The molecule has 2 amide bonds. The van der Waals surface area contributed by atoms with Gasteiger partial charge in [0, 0.05) is 10.3 Å². The van der Waals surface area contributed by atoms with Crippen LogP contribution in [0.25, 0.3) is 11.0 Å². The maximum absolute atomic E-state index is 12.6. The standard InChI is InChI=1S/C19H18N2O3S/c1-12(16-10-13-6-2-4-8-15(13)24-16)21-19(23)14-7-3-5-9-17(14)25-11-18(20)22/h2-10,12H,11H2,1H3,(H2,20,22)(H,21,23). The lowest BCUT2D eigenvalue weighted by molar-refractivity contribution is -0.115. The highest BCUT2D eigenvalue weighted by Crippen LogP contribution is 2.26. The number of thioether (sulfide) groups is 1. The predicted octanol–water partition coefficient (Wildman–Crippen LogP) is 3.50. The fraction of sp³-hybridized carbons (Fsp3) is 0.158. The van der Waals surface area contributed by atoms with Crippen molar-refractivity contribution in [3.8, 4) is 0 Å². The number of furan rings is 1. The van der Waals surface area contributed by atoms with Gasteiger partial charge in [0.2, 0.25) is 5.91 Å². The Kier molecular flexibility index (Phi) is 5.09. The lowest BCUT2D eigenvalue weighted by Crippen LogP contribution is -2.27. The Morgan fingerprint density at radius 1 is 1.16 bits per heavy atom. The number of rotatable bonds is 6. The van der Waals surface area contributed by atoms with E-state index in [2.05, 4.69) is 5.32 Å². The van der Waals surface area contributed by atoms with Crippen molar-refractivity contribution in [1.29, 1.82) is 0 Å². The van der Waals surface area contributed by atoms with E-state index in [1.165, 1.54) is 11.8 Å². The van der Waals surface area contributed by atoms with Crippen LogP contribution in [0, 0.1) is 0 Å². The minimum atomic E-state index is -0.421. The van der Waals surface area contributed by atoms with Crippen molar-refractivity contribution in [2.24, 2.45) is 5.73 Å². The molecule has 1 heterocycles. The first-order valence-corrected chi connectivity index (χ1v) is 8.82. The summed E-state index contributed by atoms with van der Waals surface area (Å²) in [5, 5.41) is 3.94. The van der Waals surface area contributed by atoms with E-state index < -0.39 is 5.91 Å². The third-order valence-electron chi connectivity index (χ3n) is 3.72. The second-order valence-electron chi connectivity index (χ2n) is 5.63. The largest absolute Gasteiger partial charge is 0.459 e. The SMILES string of the molecule is CC(NC(=O)c1ccccc1SCC(N)=O)c1cc2ccccc2o1. The Morgan fingerprint density at radius 2 is 1.88 bits per heavy atom. The molecule has 3 rings (SSSR count). The molecule has 0 saturated carbocycles. The monoisotopic (exact) mass is 354 g/mol. The highest BCUT2D eigenvalue weighted by molar-refractivity contribution is 8.00. The number of amides is 2. The molecule has 128 valence electrons. The Balaban J connectivity index is 1.76. The van der Waals surface area contributed by atoms with Crippen LogP contribution in [-0.2, 0) is 4.79 Å². The molecule has 6 heteroatoms. The third-order valence-corrected chi connectivity index (χ3v) is 4.82. The molecule has 25 heavy (non-hydrogen) atoms. The molecule has 0 saturated heterocycles. The molecular weight excluding hydrogens is 336 g/mol. The zero-order valence-corrected chi connectivity index (χ0v) is 14.5. The number of hydrogen-bond acceptors (Lipinski definition) is 4. The Morgan fingerprint density at radius 3 is 2.64 bits per heavy atom. The molecule has 0 spiro atoms. The van der Waals surface area contributed by atoms with Gasteiger partial charge in [-0.2, -0.15) is 0 Å². The molecular formula is C19H18N2O3S. The van der Waals surface area contributed by atoms with Crippen LogP contribution < -0.4 is 11.1 Å². The second kappa shape index (κ2) is 7.44. The molecule has 1 unspecified atom stereocenters. The van der Waals surface area contributed by atoms with Gasteiger partial charge in [-0.3, -0.25) is 9.59 Å². The summed E-state index contributed by atoms with van der Waals surface area (Å²) in [4.78, 5) is 24.3. The van der Waals surface area contributed by atoms with E-state index in [9.17, 15) is 9.59 Å². The summed E-state index contributed by atoms with van der Waals surface area (Å²) in [6, 6.07) is 16.5. The van der Waals surface area contributed by atoms with Gasteiger partial charge in [0.15, 0.2) is 0 Å². The van der Waals surface area contributed by atoms with Gasteiger partial charge in [0.1, 0.15) is 11.3 Å². The molecule has 0 fully saturated rings. The number of benzene rings is 2. The van der Waals surface area contributed by atoms with Crippen molar-refractivity contribution >= 4 is 34.5 Å². The van der Waals surface area contributed by atoms with Gasteiger partial charge < -0.3 is 15.5 Å². The average molecular weight is 354 g/mol. The number of carbonyl (C=O) groups excluding carboxylic acids is 2. The fourth-order valence-electron chi connectivity index (χ4n) is 2.49. The lowest BCUT2D eigenvalue weighted by Gasteiger charge is -2.13. The first-order valence-electron chi connectivity index (χ1n) is 7.84. The van der Waals surface area contributed by atoms with Crippen molar-refractivity contribution in [1.82, 2.24) is 5.32 Å². The van der Waals surface area contributed by atoms with E-state index in [4.69, 9.17) is 10.2 Å². The van der Waals surface area contributed by atoms with Gasteiger partial charge in [0.05, 0.1) is 17.4 Å². The number of hydrogen-bond donors (Lipinski definition) is 2. The van der Waals surface area contributed by atoms with Crippen molar-refractivity contribution in [2.45, 2.75) is 17.9 Å². The van der Waals surface area contributed by atoms with E-state index >= 15 is 0 Å². The van der Waals surface area contributed by atoms with E-state index in [0.717, 1.165) is 15.9 Å². The number of nitrogens with two attached hydrogens (primary N) is 1. The number of primary amides is 1. The van der Waals surface area contributed by atoms with E-state index in [0.29, 0.717) is 11.3 Å². The van der Waals surface area contributed by atoms with E-state index in [-0.39, 0.29) is 17.7 Å². The van der Waals surface area contributed by atoms with Gasteiger partial charge in [-0.15, -0.1) is 11.8 Å². The van der Waals surface area contributed by atoms with Crippen LogP contribution in [0.5, 0.6) is 0 Å². The quantitative estimate of drug-likeness (QED) is 0.664. The van der Waals surface area contributed by atoms with E-state index in [1.54, 1.807) is 18.2 Å². The van der Waals surface area contributed by atoms with Crippen LogP contribution in [0.2, 0.25) is 0 Å². The highest BCUT2D eigenvalue weighted by Gasteiger charge is 2.17. The van der Waals surface area contributed by atoms with Crippen molar-refractivity contribution < 1.29 is 14.0 Å². The summed E-state index contributed by atoms with van der Waals surface area (Å²) in [7, 11) is 0. The third kappa shape index (κ3) is 4.03. The van der Waals surface area contributed by atoms with Gasteiger partial charge in [0.25, 0.3) is 5.91 Å². The number of carbonyl (C=O) groups is 2. The van der Waals surface area contributed by atoms with Gasteiger partial charge >= 0.3 is 0 Å². The fourth-order valence-corrected chi connectivity index (χ4v) is 3.28. The molecule has 0 aliphatic heterocycles. The number of fused-ring (bicyclic) bond motifs is 1. The first-order chi connectivity index (χ1) is 12.0. The Labute approximate surface area is 149 Å². The molecule has 3 N–H and O–H groups in total. The molecule has 5 nitrogen and oxygen atoms in total.